The molecule has 0 aromatic heterocycles. The number of nitrogens with two attached hydrogens (primary N) is 1. The molecule has 5 nitrogen and oxygen atoms in total. The highest BCUT2D eigenvalue weighted by molar-refractivity contribution is 5.90. The molecule has 21 heavy (non-hydrogen) atoms. The largest absolute Gasteiger partial charge is 0.399 e. The number of hydrogen-bond acceptors (Lipinski definition) is 4. The quantitative estimate of drug-likeness (QED) is 0.686. The number of nitrogens with one attached hydrogen (secondary N) is 1. The Kier molecular flexibility index (Phi) is 7.79. The van der Waals surface area contributed by atoms with Gasteiger partial charge in [-0.25, -0.2) is 0 Å². The first kappa shape index (κ1) is 17.5. The SMILES string of the molecule is CC(C)OCCN(C)CCCC(=O)Nc1ccc(N)cc1. The molecular formula is C16H27N3O2. The first-order chi connectivity index (χ1) is 9.97. The maximum atomic E-state index is 11.8. The van der Waals surface area contributed by atoms with Crippen molar-refractivity contribution in [1.29, 1.82) is 0 Å². The fourth-order valence-corrected chi connectivity index (χ4v) is 1.86. The normalized spacial score (nSPS) is 11.1. The van der Waals surface area contributed by atoms with Gasteiger partial charge in [-0.05, 0) is 58.1 Å². The first-order valence-corrected chi connectivity index (χ1v) is 7.43. The van der Waals surface area contributed by atoms with Gasteiger partial charge in [-0.2, -0.15) is 0 Å². The van der Waals surface area contributed by atoms with Crippen molar-refractivity contribution in [3.8, 4) is 0 Å². The second kappa shape index (κ2) is 9.37. The lowest BCUT2D eigenvalue weighted by molar-refractivity contribution is -0.116. The summed E-state index contributed by atoms with van der Waals surface area (Å²) in [7, 11) is 2.04. The third-order valence-electron chi connectivity index (χ3n) is 3.06. The number of ether oxygens (including phenoxy) is 1. The van der Waals surface area contributed by atoms with Crippen molar-refractivity contribution in [3.05, 3.63) is 24.3 Å². The number of nitrogens with zero attached hydrogens (tertiary/aromatic N) is 1. The van der Waals surface area contributed by atoms with E-state index in [9.17, 15) is 4.79 Å². The van der Waals surface area contributed by atoms with E-state index in [4.69, 9.17) is 10.5 Å². The Labute approximate surface area is 127 Å². The summed E-state index contributed by atoms with van der Waals surface area (Å²) in [6.07, 6.45) is 1.61. The topological polar surface area (TPSA) is 67.6 Å². The van der Waals surface area contributed by atoms with Crippen LogP contribution in [0.2, 0.25) is 0 Å². The van der Waals surface area contributed by atoms with Crippen molar-refractivity contribution < 1.29 is 9.53 Å². The van der Waals surface area contributed by atoms with Crippen molar-refractivity contribution in [2.75, 3.05) is 37.8 Å². The molecule has 1 aromatic rings. The smallest absolute Gasteiger partial charge is 0.224 e. The molecule has 1 aromatic carbocycles. The number of anilines is 2. The van der Waals surface area contributed by atoms with E-state index in [0.29, 0.717) is 12.1 Å². The lowest BCUT2D eigenvalue weighted by Crippen LogP contribution is -2.26. The molecule has 0 aliphatic carbocycles. The fraction of sp³-hybridized carbons (Fsp3) is 0.562. The maximum Gasteiger partial charge on any atom is 0.224 e. The molecule has 1 rings (SSSR count). The van der Waals surface area contributed by atoms with E-state index in [0.717, 1.165) is 31.8 Å². The average Bonchev–Trinajstić information content (AvgIpc) is 2.41. The Bertz CT molecular complexity index is 418. The number of rotatable bonds is 9. The van der Waals surface area contributed by atoms with Crippen LogP contribution in [0.1, 0.15) is 26.7 Å². The van der Waals surface area contributed by atoms with Gasteiger partial charge in [0, 0.05) is 24.3 Å². The monoisotopic (exact) mass is 293 g/mol. The minimum absolute atomic E-state index is 0.0339. The van der Waals surface area contributed by atoms with E-state index in [-0.39, 0.29) is 12.0 Å². The molecule has 0 aliphatic heterocycles. The maximum absolute atomic E-state index is 11.8. The Morgan fingerprint density at radius 3 is 2.57 bits per heavy atom. The Hall–Kier alpha value is -1.59. The molecule has 3 N–H and O–H groups in total. The number of carbonyl (C=O) groups is 1. The second-order valence-electron chi connectivity index (χ2n) is 5.50. The van der Waals surface area contributed by atoms with Gasteiger partial charge in [0.05, 0.1) is 12.7 Å². The number of amides is 1. The van der Waals surface area contributed by atoms with Gasteiger partial charge in [0.25, 0.3) is 0 Å². The van der Waals surface area contributed by atoms with Crippen LogP contribution in [0, 0.1) is 0 Å². The van der Waals surface area contributed by atoms with E-state index < -0.39 is 0 Å². The third-order valence-corrected chi connectivity index (χ3v) is 3.06. The molecule has 0 saturated carbocycles. The summed E-state index contributed by atoms with van der Waals surface area (Å²) in [6, 6.07) is 7.17. The zero-order valence-corrected chi connectivity index (χ0v) is 13.3. The van der Waals surface area contributed by atoms with Gasteiger partial charge in [-0.1, -0.05) is 0 Å². The van der Waals surface area contributed by atoms with E-state index in [1.54, 1.807) is 12.1 Å². The summed E-state index contributed by atoms with van der Waals surface area (Å²) >= 11 is 0. The minimum atomic E-state index is 0.0339. The minimum Gasteiger partial charge on any atom is -0.399 e. The van der Waals surface area contributed by atoms with E-state index in [2.05, 4.69) is 10.2 Å². The van der Waals surface area contributed by atoms with E-state index in [1.165, 1.54) is 0 Å². The molecule has 0 radical (unpaired) electrons. The number of carbonyl (C=O) groups excluding carboxylic acids is 1. The van der Waals surface area contributed by atoms with E-state index in [1.807, 2.05) is 33.0 Å². The van der Waals surface area contributed by atoms with Crippen LogP contribution in [0.15, 0.2) is 24.3 Å². The number of likely N-dealkylation sites (N-methyl/N-ethyl adjacent to an activating group) is 1. The Morgan fingerprint density at radius 1 is 1.29 bits per heavy atom. The molecule has 0 fully saturated rings. The van der Waals surface area contributed by atoms with Crippen molar-refractivity contribution in [3.63, 3.8) is 0 Å². The van der Waals surface area contributed by atoms with Crippen LogP contribution in [0.5, 0.6) is 0 Å². The van der Waals surface area contributed by atoms with Crippen LogP contribution >= 0.6 is 0 Å². The molecule has 0 spiro atoms. The molecule has 5 heteroatoms. The van der Waals surface area contributed by atoms with Crippen molar-refractivity contribution in [2.24, 2.45) is 0 Å². The molecule has 1 amide bonds. The van der Waals surface area contributed by atoms with Crippen molar-refractivity contribution in [2.45, 2.75) is 32.8 Å². The van der Waals surface area contributed by atoms with Gasteiger partial charge in [0.1, 0.15) is 0 Å². The summed E-state index contributed by atoms with van der Waals surface area (Å²) in [5, 5.41) is 2.86. The van der Waals surface area contributed by atoms with Crippen LogP contribution in [-0.2, 0) is 9.53 Å². The van der Waals surface area contributed by atoms with Gasteiger partial charge >= 0.3 is 0 Å². The van der Waals surface area contributed by atoms with Gasteiger partial charge in [-0.3, -0.25) is 4.79 Å². The zero-order valence-electron chi connectivity index (χ0n) is 13.3. The second-order valence-corrected chi connectivity index (χ2v) is 5.50. The standard InChI is InChI=1S/C16H27N3O2/c1-13(2)21-12-11-19(3)10-4-5-16(20)18-15-8-6-14(17)7-9-15/h6-9,13H,4-5,10-12,17H2,1-3H3,(H,18,20). The molecule has 0 bridgehead atoms. The van der Waals surface area contributed by atoms with Crippen LogP contribution < -0.4 is 11.1 Å². The van der Waals surface area contributed by atoms with Crippen molar-refractivity contribution in [1.82, 2.24) is 4.90 Å². The first-order valence-electron chi connectivity index (χ1n) is 7.43. The number of hydrogen-bond donors (Lipinski definition) is 2. The third kappa shape index (κ3) is 8.32. The summed E-state index contributed by atoms with van der Waals surface area (Å²) in [6.45, 7) is 6.56. The van der Waals surface area contributed by atoms with Gasteiger partial charge in [0.15, 0.2) is 0 Å². The highest BCUT2D eigenvalue weighted by Gasteiger charge is 2.04. The predicted molar refractivity (Wildman–Crippen MR) is 87.3 cm³/mol. The van der Waals surface area contributed by atoms with Gasteiger partial charge in [0.2, 0.25) is 5.91 Å². The zero-order chi connectivity index (χ0) is 15.7. The molecule has 118 valence electrons. The molecular weight excluding hydrogens is 266 g/mol. The van der Waals surface area contributed by atoms with Crippen LogP contribution in [0.25, 0.3) is 0 Å². The number of benzene rings is 1. The molecule has 0 saturated heterocycles. The highest BCUT2D eigenvalue weighted by Crippen LogP contribution is 2.11. The summed E-state index contributed by atoms with van der Waals surface area (Å²) in [5.41, 5.74) is 7.08. The highest BCUT2D eigenvalue weighted by atomic mass is 16.5. The fourth-order valence-electron chi connectivity index (χ4n) is 1.86. The van der Waals surface area contributed by atoms with Gasteiger partial charge in [-0.15, -0.1) is 0 Å². The van der Waals surface area contributed by atoms with Crippen LogP contribution in [0.4, 0.5) is 11.4 Å². The summed E-state index contributed by atoms with van der Waals surface area (Å²) in [5.74, 6) is 0.0339. The Balaban J connectivity index is 2.14. The summed E-state index contributed by atoms with van der Waals surface area (Å²) < 4.78 is 5.50. The van der Waals surface area contributed by atoms with Gasteiger partial charge < -0.3 is 20.7 Å². The van der Waals surface area contributed by atoms with Crippen LogP contribution in [0.3, 0.4) is 0 Å². The lowest BCUT2D eigenvalue weighted by atomic mass is 10.2. The molecule has 0 aliphatic rings. The van der Waals surface area contributed by atoms with Crippen LogP contribution in [-0.4, -0.2) is 43.7 Å². The number of nitrogen functional groups attached to an aromatic ring is 1. The summed E-state index contributed by atoms with van der Waals surface area (Å²) in [4.78, 5) is 14.0. The Morgan fingerprint density at radius 2 is 1.95 bits per heavy atom. The van der Waals surface area contributed by atoms with E-state index >= 15 is 0 Å². The predicted octanol–water partition coefficient (Wildman–Crippen LogP) is 2.34. The molecule has 0 atom stereocenters. The lowest BCUT2D eigenvalue weighted by Gasteiger charge is -2.17. The van der Waals surface area contributed by atoms with Crippen molar-refractivity contribution >= 4 is 17.3 Å². The molecule has 0 unspecified atom stereocenters. The average molecular weight is 293 g/mol. The molecule has 0 heterocycles.